The summed E-state index contributed by atoms with van der Waals surface area (Å²) in [5, 5.41) is 9.30. The van der Waals surface area contributed by atoms with Crippen LogP contribution < -0.4 is 10.1 Å². The number of Topliss-reactive ketones (excluding diaryl/α,β-unsaturated/α-hetero) is 1. The number of amides is 1. The first-order chi connectivity index (χ1) is 19.5. The van der Waals surface area contributed by atoms with Crippen LogP contribution >= 0.6 is 40.0 Å². The highest BCUT2D eigenvalue weighted by Gasteiger charge is 2.21. The zero-order chi connectivity index (χ0) is 28.8. The molecule has 7 nitrogen and oxygen atoms in total. The number of hydrogen-bond acceptors (Lipinski definition) is 5. The second kappa shape index (κ2) is 13.9. The molecule has 1 aliphatic carbocycles. The van der Waals surface area contributed by atoms with Crippen molar-refractivity contribution in [2.45, 2.75) is 53.4 Å². The zero-order valence-corrected chi connectivity index (χ0v) is 27.0. The Hall–Kier alpha value is -2.55. The molecule has 0 radical (unpaired) electrons. The summed E-state index contributed by atoms with van der Waals surface area (Å²) >= 11 is 8.98. The summed E-state index contributed by atoms with van der Waals surface area (Å²) in [6.45, 7) is 8.89. The Kier molecular flexibility index (Phi) is 10.6. The highest BCUT2D eigenvalue weighted by molar-refractivity contribution is 14.2. The van der Waals surface area contributed by atoms with Crippen molar-refractivity contribution in [2.75, 3.05) is 13.2 Å². The van der Waals surface area contributed by atoms with E-state index < -0.39 is 0 Å². The predicted octanol–water partition coefficient (Wildman–Crippen LogP) is 7.83. The van der Waals surface area contributed by atoms with E-state index in [0.29, 0.717) is 61.5 Å². The number of halogens is 2. The highest BCUT2D eigenvalue weighted by atomic mass is 127. The molecule has 1 N–H and O–H groups in total. The van der Waals surface area contributed by atoms with Crippen molar-refractivity contribution >= 4 is 62.7 Å². The zero-order valence-electron chi connectivity index (χ0n) is 23.1. The molecule has 1 atom stereocenters. The Morgan fingerprint density at radius 3 is 2.52 bits per heavy atom. The lowest BCUT2D eigenvalue weighted by Gasteiger charge is -2.12. The standard InChI is InChI=1S/C26H21ClIN4O3P.2C2H6/c27-22-11-16(9-14-1-3-18(33)4-6-19(14)22)17-10-21-24(31-32(36-28)25(21)30-13-17)15-2-5-20-23(12-15)35-8-7-29-26(20)34;2*1-2/h2,5,9-13,36H,1,3-4,6-8H2,(H,29,34);2*1-2H3. The average Bonchev–Trinajstić information content (AvgIpc) is 3.11. The van der Waals surface area contributed by atoms with Crippen LogP contribution in [0.15, 0.2) is 42.6 Å². The van der Waals surface area contributed by atoms with Crippen molar-refractivity contribution in [2.24, 2.45) is 0 Å². The van der Waals surface area contributed by atoms with Crippen LogP contribution in [0.3, 0.4) is 0 Å². The lowest BCUT2D eigenvalue weighted by atomic mass is 9.96. The molecule has 2 aliphatic rings. The van der Waals surface area contributed by atoms with Crippen molar-refractivity contribution in [1.82, 2.24) is 19.9 Å². The van der Waals surface area contributed by atoms with Crippen molar-refractivity contribution < 1.29 is 14.3 Å². The summed E-state index contributed by atoms with van der Waals surface area (Å²) in [6.07, 6.45) is 4.73. The molecule has 0 bridgehead atoms. The first kappa shape index (κ1) is 30.4. The van der Waals surface area contributed by atoms with Crippen LogP contribution in [-0.2, 0) is 17.6 Å². The normalized spacial score (nSPS) is 14.6. The Morgan fingerprint density at radius 2 is 1.75 bits per heavy atom. The number of aryl methyl sites for hydroxylation is 1. The monoisotopic (exact) mass is 690 g/mol. The summed E-state index contributed by atoms with van der Waals surface area (Å²) in [7, 11) is 0. The number of hydrogen-bond donors (Lipinski definition) is 1. The van der Waals surface area contributed by atoms with Gasteiger partial charge in [-0.2, -0.15) is 5.10 Å². The quantitative estimate of drug-likeness (QED) is 0.135. The van der Waals surface area contributed by atoms with E-state index in [1.165, 1.54) is 0 Å². The molecule has 1 amide bonds. The van der Waals surface area contributed by atoms with E-state index in [1.54, 1.807) is 6.07 Å². The van der Waals surface area contributed by atoms with Gasteiger partial charge in [0.15, 0.2) is 5.65 Å². The van der Waals surface area contributed by atoms with Gasteiger partial charge in [-0.25, -0.2) is 9.44 Å². The minimum Gasteiger partial charge on any atom is -0.491 e. The second-order valence-electron chi connectivity index (χ2n) is 8.89. The molecule has 0 fully saturated rings. The molecule has 4 aromatic rings. The van der Waals surface area contributed by atoms with Crippen LogP contribution in [0.5, 0.6) is 5.75 Å². The third-order valence-corrected chi connectivity index (χ3v) is 8.88. The summed E-state index contributed by atoms with van der Waals surface area (Å²) in [5.41, 5.74) is 7.08. The van der Waals surface area contributed by atoms with E-state index in [9.17, 15) is 9.59 Å². The number of aromatic nitrogens is 3. The van der Waals surface area contributed by atoms with Gasteiger partial charge in [-0.05, 0) is 75.8 Å². The largest absolute Gasteiger partial charge is 0.491 e. The van der Waals surface area contributed by atoms with Crippen LogP contribution in [0.1, 0.15) is 62.0 Å². The third kappa shape index (κ3) is 6.19. The Labute approximate surface area is 254 Å². The van der Waals surface area contributed by atoms with Crippen molar-refractivity contribution in [1.29, 1.82) is 0 Å². The average molecular weight is 691 g/mol. The molecule has 3 heterocycles. The molecule has 6 rings (SSSR count). The highest BCUT2D eigenvalue weighted by Crippen LogP contribution is 2.38. The van der Waals surface area contributed by atoms with E-state index in [1.807, 2.05) is 56.5 Å². The molecular formula is C30H33ClIN4O3P. The van der Waals surface area contributed by atoms with Gasteiger partial charge in [0.25, 0.3) is 5.91 Å². The maximum atomic E-state index is 12.3. The number of nitrogens with one attached hydrogen (secondary N) is 1. The van der Waals surface area contributed by atoms with Gasteiger partial charge in [0.05, 0.1) is 18.5 Å². The summed E-state index contributed by atoms with van der Waals surface area (Å²) in [5.74, 6) is 0.702. The molecule has 0 saturated heterocycles. The van der Waals surface area contributed by atoms with Gasteiger partial charge in [-0.3, -0.25) is 9.59 Å². The lowest BCUT2D eigenvalue weighted by molar-refractivity contribution is -0.118. The molecule has 210 valence electrons. The fraction of sp³-hybridized carbons (Fsp3) is 0.333. The molecule has 2 aromatic heterocycles. The molecule has 40 heavy (non-hydrogen) atoms. The molecular weight excluding hydrogens is 658 g/mol. The minimum atomic E-state index is -0.135. The number of carbonyl (C=O) groups is 2. The Balaban J connectivity index is 0.000000886. The first-order valence-corrected chi connectivity index (χ1v) is 18.1. The number of carbonyl (C=O) groups excluding carboxylic acids is 2. The van der Waals surface area contributed by atoms with E-state index in [0.717, 1.165) is 44.5 Å². The van der Waals surface area contributed by atoms with Crippen LogP contribution in [0, 0.1) is 0 Å². The molecule has 2 aromatic carbocycles. The maximum absolute atomic E-state index is 12.3. The molecule has 1 aliphatic heterocycles. The minimum absolute atomic E-state index is 0.135. The van der Waals surface area contributed by atoms with Gasteiger partial charge >= 0.3 is 0 Å². The fourth-order valence-corrected chi connectivity index (χ4v) is 6.59. The van der Waals surface area contributed by atoms with Gasteiger partial charge in [0.2, 0.25) is 0 Å². The molecule has 0 spiro atoms. The summed E-state index contributed by atoms with van der Waals surface area (Å²) < 4.78 is 7.72. The van der Waals surface area contributed by atoms with Crippen LogP contribution in [0.2, 0.25) is 5.02 Å². The van der Waals surface area contributed by atoms with Gasteiger partial charge in [-0.15, -0.1) is 0 Å². The Morgan fingerprint density at radius 1 is 0.975 bits per heavy atom. The van der Waals surface area contributed by atoms with Gasteiger partial charge < -0.3 is 10.1 Å². The Bertz CT molecular complexity index is 1560. The first-order valence-electron chi connectivity index (χ1n) is 13.7. The van der Waals surface area contributed by atoms with Crippen molar-refractivity contribution in [3.05, 3.63) is 64.3 Å². The fourth-order valence-electron chi connectivity index (χ4n) is 4.86. The van der Waals surface area contributed by atoms with Crippen LogP contribution in [-0.4, -0.2) is 39.4 Å². The molecule has 1 unspecified atom stereocenters. The summed E-state index contributed by atoms with van der Waals surface area (Å²) in [6, 6.07) is 11.8. The smallest absolute Gasteiger partial charge is 0.255 e. The summed E-state index contributed by atoms with van der Waals surface area (Å²) in [4.78, 5) is 29.1. The number of nitrogens with zero attached hydrogens (tertiary/aromatic N) is 3. The van der Waals surface area contributed by atoms with E-state index >= 15 is 0 Å². The van der Waals surface area contributed by atoms with Gasteiger partial charge in [-0.1, -0.05) is 51.4 Å². The van der Waals surface area contributed by atoms with E-state index in [2.05, 4.69) is 39.5 Å². The van der Waals surface area contributed by atoms with E-state index in [-0.39, 0.29) is 11.7 Å². The van der Waals surface area contributed by atoms with Crippen LogP contribution in [0.4, 0.5) is 0 Å². The van der Waals surface area contributed by atoms with Crippen molar-refractivity contribution in [3.63, 3.8) is 0 Å². The SMILES string of the molecule is CC.CC.O=C1CCc2cc(-c3cnc4c(c3)c(-c3ccc5c(c3)OCCNC5=O)nn4PI)cc(Cl)c2CC1. The van der Waals surface area contributed by atoms with Gasteiger partial charge in [0.1, 0.15) is 23.8 Å². The topological polar surface area (TPSA) is 86.1 Å². The number of fused-ring (bicyclic) bond motifs is 3. The van der Waals surface area contributed by atoms with Crippen LogP contribution in [0.25, 0.3) is 33.4 Å². The number of benzene rings is 2. The predicted molar refractivity (Wildman–Crippen MR) is 173 cm³/mol. The number of ketones is 1. The second-order valence-corrected chi connectivity index (χ2v) is 11.3. The lowest BCUT2D eigenvalue weighted by Crippen LogP contribution is -2.24. The van der Waals surface area contributed by atoms with Gasteiger partial charge in [0, 0.05) is 40.6 Å². The number of rotatable bonds is 3. The maximum Gasteiger partial charge on any atom is 0.255 e. The van der Waals surface area contributed by atoms with E-state index in [4.69, 9.17) is 26.4 Å². The number of ether oxygens (including phenoxy) is 1. The molecule has 0 saturated carbocycles. The van der Waals surface area contributed by atoms with Crippen molar-refractivity contribution in [3.8, 4) is 28.1 Å². The number of pyridine rings is 1. The molecule has 10 heteroatoms. The third-order valence-electron chi connectivity index (χ3n) is 6.70.